The Morgan fingerprint density at radius 1 is 1.29 bits per heavy atom. The van der Waals surface area contributed by atoms with E-state index in [0.29, 0.717) is 0 Å². The van der Waals surface area contributed by atoms with Crippen LogP contribution < -0.4 is 10.0 Å². The molecule has 0 saturated heterocycles. The van der Waals surface area contributed by atoms with Crippen LogP contribution in [0.3, 0.4) is 0 Å². The molecule has 0 heterocycles. The molecule has 0 aliphatic rings. The van der Waals surface area contributed by atoms with Crippen molar-refractivity contribution in [1.29, 1.82) is 0 Å². The Labute approximate surface area is 122 Å². The summed E-state index contributed by atoms with van der Waals surface area (Å²) in [6.45, 7) is 4.60. The van der Waals surface area contributed by atoms with Crippen molar-refractivity contribution in [1.82, 2.24) is 4.72 Å². The second kappa shape index (κ2) is 6.66. The molecule has 8 heteroatoms. The van der Waals surface area contributed by atoms with Gasteiger partial charge in [-0.15, -0.1) is 0 Å². The first kappa shape index (κ1) is 17.1. The van der Waals surface area contributed by atoms with E-state index < -0.39 is 27.7 Å². The second-order valence-electron chi connectivity index (χ2n) is 4.98. The first-order valence-corrected chi connectivity index (χ1v) is 7.88. The molecular formula is C13H17FN2O4S. The van der Waals surface area contributed by atoms with Crippen molar-refractivity contribution in [2.45, 2.75) is 20.8 Å². The lowest BCUT2D eigenvalue weighted by atomic mass is 10.2. The lowest BCUT2D eigenvalue weighted by Crippen LogP contribution is -2.34. The summed E-state index contributed by atoms with van der Waals surface area (Å²) < 4.78 is 38.7. The molecule has 1 rings (SSSR count). The number of carbonyl (C=O) groups excluding carboxylic acids is 2. The summed E-state index contributed by atoms with van der Waals surface area (Å²) in [7, 11) is -3.75. The molecule has 0 radical (unpaired) electrons. The highest BCUT2D eigenvalue weighted by molar-refractivity contribution is 7.90. The van der Waals surface area contributed by atoms with Crippen LogP contribution in [-0.2, 0) is 14.8 Å². The van der Waals surface area contributed by atoms with Crippen LogP contribution in [0.2, 0.25) is 0 Å². The van der Waals surface area contributed by atoms with Gasteiger partial charge in [-0.1, -0.05) is 13.8 Å². The fraction of sp³-hybridized carbons (Fsp3) is 0.385. The SMILES string of the molecule is CC(=O)Nc1cc(C(=O)NS(=O)(=O)CC(C)C)ccc1F. The fourth-order valence-electron chi connectivity index (χ4n) is 1.63. The van der Waals surface area contributed by atoms with Crippen LogP contribution in [0, 0.1) is 11.7 Å². The lowest BCUT2D eigenvalue weighted by Gasteiger charge is -2.10. The number of sulfonamides is 1. The minimum atomic E-state index is -3.75. The predicted octanol–water partition coefficient (Wildman–Crippen LogP) is 1.50. The standard InChI is InChI=1S/C13H17FN2O4S/c1-8(2)7-21(19,20)16-13(18)10-4-5-11(14)12(6-10)15-9(3)17/h4-6,8H,7H2,1-3H3,(H,15,17)(H,16,18). The summed E-state index contributed by atoms with van der Waals surface area (Å²) in [5.74, 6) is -2.43. The van der Waals surface area contributed by atoms with Crippen LogP contribution in [0.4, 0.5) is 10.1 Å². The van der Waals surface area contributed by atoms with Gasteiger partial charge in [-0.25, -0.2) is 17.5 Å². The fourth-order valence-corrected chi connectivity index (χ4v) is 2.99. The largest absolute Gasteiger partial charge is 0.324 e. The highest BCUT2D eigenvalue weighted by atomic mass is 32.2. The molecule has 2 amide bonds. The molecule has 2 N–H and O–H groups in total. The Morgan fingerprint density at radius 3 is 2.43 bits per heavy atom. The van der Waals surface area contributed by atoms with Gasteiger partial charge in [0, 0.05) is 12.5 Å². The van der Waals surface area contributed by atoms with Gasteiger partial charge < -0.3 is 5.32 Å². The van der Waals surface area contributed by atoms with Crippen LogP contribution in [0.15, 0.2) is 18.2 Å². The Kier molecular flexibility index (Phi) is 5.42. The maximum absolute atomic E-state index is 13.4. The number of benzene rings is 1. The molecule has 116 valence electrons. The number of anilines is 1. The molecule has 0 saturated carbocycles. The molecule has 1 aromatic rings. The molecule has 0 aliphatic carbocycles. The average molecular weight is 316 g/mol. The smallest absolute Gasteiger partial charge is 0.264 e. The van der Waals surface area contributed by atoms with Crippen molar-refractivity contribution in [3.05, 3.63) is 29.6 Å². The molecule has 0 aliphatic heterocycles. The first-order chi connectivity index (χ1) is 9.60. The Morgan fingerprint density at radius 2 is 1.90 bits per heavy atom. The zero-order valence-electron chi connectivity index (χ0n) is 11.9. The summed E-state index contributed by atoms with van der Waals surface area (Å²) >= 11 is 0. The maximum Gasteiger partial charge on any atom is 0.264 e. The molecule has 0 bridgehead atoms. The maximum atomic E-state index is 13.4. The van der Waals surface area contributed by atoms with E-state index in [2.05, 4.69) is 5.32 Å². The second-order valence-corrected chi connectivity index (χ2v) is 6.75. The van der Waals surface area contributed by atoms with Crippen LogP contribution in [-0.4, -0.2) is 26.0 Å². The van der Waals surface area contributed by atoms with Gasteiger partial charge in [-0.05, 0) is 24.1 Å². The van der Waals surface area contributed by atoms with Gasteiger partial charge in [0.25, 0.3) is 5.91 Å². The molecular weight excluding hydrogens is 299 g/mol. The van der Waals surface area contributed by atoms with Crippen LogP contribution in [0.5, 0.6) is 0 Å². The third-order valence-electron chi connectivity index (χ3n) is 2.34. The number of halogens is 1. The summed E-state index contributed by atoms with van der Waals surface area (Å²) in [5, 5.41) is 2.22. The van der Waals surface area contributed by atoms with E-state index in [9.17, 15) is 22.4 Å². The third-order valence-corrected chi connectivity index (χ3v) is 3.94. The van der Waals surface area contributed by atoms with E-state index in [1.165, 1.54) is 6.92 Å². The van der Waals surface area contributed by atoms with Crippen molar-refractivity contribution in [3.63, 3.8) is 0 Å². The molecule has 6 nitrogen and oxygen atoms in total. The molecule has 0 aromatic heterocycles. The van der Waals surface area contributed by atoms with Crippen molar-refractivity contribution in [2.24, 2.45) is 5.92 Å². The average Bonchev–Trinajstić information content (AvgIpc) is 2.28. The van der Waals surface area contributed by atoms with Crippen LogP contribution in [0.25, 0.3) is 0 Å². The van der Waals surface area contributed by atoms with E-state index >= 15 is 0 Å². The number of rotatable bonds is 5. The third kappa shape index (κ3) is 5.50. The van der Waals surface area contributed by atoms with E-state index in [1.807, 2.05) is 4.72 Å². The van der Waals surface area contributed by atoms with E-state index in [-0.39, 0.29) is 22.9 Å². The lowest BCUT2D eigenvalue weighted by molar-refractivity contribution is -0.114. The van der Waals surface area contributed by atoms with E-state index in [4.69, 9.17) is 0 Å². The van der Waals surface area contributed by atoms with Gasteiger partial charge in [0.15, 0.2) is 0 Å². The topological polar surface area (TPSA) is 92.3 Å². The minimum Gasteiger partial charge on any atom is -0.324 e. The highest BCUT2D eigenvalue weighted by Gasteiger charge is 2.18. The zero-order valence-corrected chi connectivity index (χ0v) is 12.8. The molecule has 0 fully saturated rings. The van der Waals surface area contributed by atoms with Crippen LogP contribution in [0.1, 0.15) is 31.1 Å². The molecule has 0 unspecified atom stereocenters. The quantitative estimate of drug-likeness (QED) is 0.861. The van der Waals surface area contributed by atoms with Crippen molar-refractivity contribution < 1.29 is 22.4 Å². The van der Waals surface area contributed by atoms with Crippen LogP contribution >= 0.6 is 0 Å². The van der Waals surface area contributed by atoms with Crippen molar-refractivity contribution in [3.8, 4) is 0 Å². The number of hydrogen-bond donors (Lipinski definition) is 2. The van der Waals surface area contributed by atoms with Gasteiger partial charge in [-0.3, -0.25) is 9.59 Å². The van der Waals surface area contributed by atoms with E-state index in [1.54, 1.807) is 13.8 Å². The summed E-state index contributed by atoms with van der Waals surface area (Å²) in [5.41, 5.74) is -0.246. The first-order valence-electron chi connectivity index (χ1n) is 6.22. The number of hydrogen-bond acceptors (Lipinski definition) is 4. The van der Waals surface area contributed by atoms with Gasteiger partial charge in [0.1, 0.15) is 5.82 Å². The number of carbonyl (C=O) groups is 2. The van der Waals surface area contributed by atoms with Gasteiger partial charge in [-0.2, -0.15) is 0 Å². The number of amides is 2. The molecule has 0 atom stereocenters. The monoisotopic (exact) mass is 316 g/mol. The van der Waals surface area contributed by atoms with Gasteiger partial charge >= 0.3 is 0 Å². The zero-order chi connectivity index (χ0) is 16.2. The molecule has 1 aromatic carbocycles. The van der Waals surface area contributed by atoms with Gasteiger partial charge in [0.2, 0.25) is 15.9 Å². The summed E-state index contributed by atoms with van der Waals surface area (Å²) in [6.07, 6.45) is 0. The molecule has 0 spiro atoms. The number of nitrogens with one attached hydrogen (secondary N) is 2. The molecule has 21 heavy (non-hydrogen) atoms. The van der Waals surface area contributed by atoms with Crippen molar-refractivity contribution >= 4 is 27.5 Å². The minimum absolute atomic E-state index is 0.0625. The van der Waals surface area contributed by atoms with Crippen molar-refractivity contribution in [2.75, 3.05) is 11.1 Å². The Hall–Kier alpha value is -1.96. The van der Waals surface area contributed by atoms with Gasteiger partial charge in [0.05, 0.1) is 11.4 Å². The highest BCUT2D eigenvalue weighted by Crippen LogP contribution is 2.16. The normalized spacial score (nSPS) is 11.3. The Balaban J connectivity index is 2.96. The Bertz CT molecular complexity index is 656. The van der Waals surface area contributed by atoms with E-state index in [0.717, 1.165) is 18.2 Å². The summed E-state index contributed by atoms with van der Waals surface area (Å²) in [6, 6.07) is 3.20. The predicted molar refractivity (Wildman–Crippen MR) is 76.8 cm³/mol. The summed E-state index contributed by atoms with van der Waals surface area (Å²) in [4.78, 5) is 22.8.